The minimum absolute atomic E-state index is 0.0688. The SMILES string of the molecule is O=C(c1ccc(F)cc1)N1CCC2(CC1)C(=O)NCN2c1ccc(F)cc1. The van der Waals surface area contributed by atoms with Crippen molar-refractivity contribution < 1.29 is 18.4 Å². The van der Waals surface area contributed by atoms with E-state index in [1.807, 2.05) is 4.90 Å². The molecule has 27 heavy (non-hydrogen) atoms. The summed E-state index contributed by atoms with van der Waals surface area (Å²) in [6.45, 7) is 1.19. The average molecular weight is 371 g/mol. The number of likely N-dealkylation sites (tertiary alicyclic amines) is 1. The summed E-state index contributed by atoms with van der Waals surface area (Å²) in [4.78, 5) is 28.9. The molecule has 2 amide bonds. The first-order valence-electron chi connectivity index (χ1n) is 8.86. The zero-order valence-electron chi connectivity index (χ0n) is 14.6. The minimum atomic E-state index is -0.739. The summed E-state index contributed by atoms with van der Waals surface area (Å²) in [5.41, 5.74) is 0.462. The predicted molar refractivity (Wildman–Crippen MR) is 96.2 cm³/mol. The van der Waals surface area contributed by atoms with Gasteiger partial charge in [0.15, 0.2) is 0 Å². The molecule has 0 radical (unpaired) electrons. The number of amides is 2. The van der Waals surface area contributed by atoms with E-state index in [1.165, 1.54) is 36.4 Å². The van der Waals surface area contributed by atoms with Crippen LogP contribution in [0.25, 0.3) is 0 Å². The number of hydrogen-bond acceptors (Lipinski definition) is 3. The normalized spacial score (nSPS) is 18.7. The molecule has 7 heteroatoms. The van der Waals surface area contributed by atoms with Crippen molar-refractivity contribution in [2.45, 2.75) is 18.4 Å². The largest absolute Gasteiger partial charge is 0.339 e. The van der Waals surface area contributed by atoms with Gasteiger partial charge in [0.2, 0.25) is 5.91 Å². The number of hydrogen-bond donors (Lipinski definition) is 1. The maximum atomic E-state index is 13.2. The molecule has 2 aliphatic heterocycles. The van der Waals surface area contributed by atoms with Crippen LogP contribution in [-0.4, -0.2) is 42.0 Å². The Kier molecular flexibility index (Phi) is 4.30. The summed E-state index contributed by atoms with van der Waals surface area (Å²) in [6, 6.07) is 11.5. The van der Waals surface area contributed by atoms with Gasteiger partial charge in [0.05, 0.1) is 6.67 Å². The number of rotatable bonds is 2. The molecule has 5 nitrogen and oxygen atoms in total. The Morgan fingerprint density at radius 3 is 2.07 bits per heavy atom. The number of carbonyl (C=O) groups is 2. The van der Waals surface area contributed by atoms with Crippen molar-refractivity contribution in [1.82, 2.24) is 10.2 Å². The molecule has 2 heterocycles. The van der Waals surface area contributed by atoms with E-state index in [1.54, 1.807) is 17.0 Å². The Morgan fingerprint density at radius 2 is 1.48 bits per heavy atom. The minimum Gasteiger partial charge on any atom is -0.339 e. The molecule has 2 saturated heterocycles. The van der Waals surface area contributed by atoms with E-state index in [2.05, 4.69) is 5.32 Å². The summed E-state index contributed by atoms with van der Waals surface area (Å²) < 4.78 is 26.3. The van der Waals surface area contributed by atoms with Crippen molar-refractivity contribution in [1.29, 1.82) is 0 Å². The lowest BCUT2D eigenvalue weighted by Gasteiger charge is -2.43. The van der Waals surface area contributed by atoms with Crippen LogP contribution in [0, 0.1) is 11.6 Å². The number of carbonyl (C=O) groups excluding carboxylic acids is 2. The second kappa shape index (κ2) is 6.64. The van der Waals surface area contributed by atoms with E-state index in [0.29, 0.717) is 38.2 Å². The van der Waals surface area contributed by atoms with Gasteiger partial charge in [-0.15, -0.1) is 0 Å². The highest BCUT2D eigenvalue weighted by Crippen LogP contribution is 2.36. The maximum Gasteiger partial charge on any atom is 0.253 e. The van der Waals surface area contributed by atoms with Gasteiger partial charge in [-0.1, -0.05) is 0 Å². The second-order valence-corrected chi connectivity index (χ2v) is 6.90. The molecule has 1 N–H and O–H groups in total. The van der Waals surface area contributed by atoms with Crippen LogP contribution in [-0.2, 0) is 4.79 Å². The highest BCUT2D eigenvalue weighted by atomic mass is 19.1. The van der Waals surface area contributed by atoms with Crippen LogP contribution >= 0.6 is 0 Å². The molecule has 2 aliphatic rings. The fraction of sp³-hybridized carbons (Fsp3) is 0.300. The monoisotopic (exact) mass is 371 g/mol. The number of nitrogens with one attached hydrogen (secondary N) is 1. The van der Waals surface area contributed by atoms with Crippen molar-refractivity contribution in [2.24, 2.45) is 0 Å². The van der Waals surface area contributed by atoms with Gasteiger partial charge in [-0.25, -0.2) is 8.78 Å². The zero-order chi connectivity index (χ0) is 19.0. The topological polar surface area (TPSA) is 52.7 Å². The van der Waals surface area contributed by atoms with Crippen molar-refractivity contribution in [2.75, 3.05) is 24.7 Å². The molecule has 2 fully saturated rings. The summed E-state index contributed by atoms with van der Waals surface area (Å²) in [5, 5.41) is 2.87. The van der Waals surface area contributed by atoms with Crippen LogP contribution in [0.1, 0.15) is 23.2 Å². The van der Waals surface area contributed by atoms with E-state index in [4.69, 9.17) is 0 Å². The van der Waals surface area contributed by atoms with Crippen LogP contribution in [0.4, 0.5) is 14.5 Å². The average Bonchev–Trinajstić information content (AvgIpc) is 2.99. The van der Waals surface area contributed by atoms with Gasteiger partial charge in [0, 0.05) is 24.3 Å². The third-order valence-electron chi connectivity index (χ3n) is 5.44. The Hall–Kier alpha value is -2.96. The van der Waals surface area contributed by atoms with Crippen molar-refractivity contribution in [3.8, 4) is 0 Å². The van der Waals surface area contributed by atoms with E-state index < -0.39 is 5.54 Å². The molecule has 4 rings (SSSR count). The van der Waals surface area contributed by atoms with Gasteiger partial charge < -0.3 is 15.1 Å². The van der Waals surface area contributed by atoms with Crippen LogP contribution in [0.15, 0.2) is 48.5 Å². The first-order valence-corrected chi connectivity index (χ1v) is 8.86. The lowest BCUT2D eigenvalue weighted by molar-refractivity contribution is -0.124. The van der Waals surface area contributed by atoms with Gasteiger partial charge in [0.25, 0.3) is 5.91 Å². The smallest absolute Gasteiger partial charge is 0.253 e. The van der Waals surface area contributed by atoms with Crippen molar-refractivity contribution in [3.63, 3.8) is 0 Å². The third-order valence-corrected chi connectivity index (χ3v) is 5.44. The summed E-state index contributed by atoms with van der Waals surface area (Å²) >= 11 is 0. The van der Waals surface area contributed by atoms with E-state index in [9.17, 15) is 18.4 Å². The van der Waals surface area contributed by atoms with Crippen LogP contribution in [0.5, 0.6) is 0 Å². The summed E-state index contributed by atoms with van der Waals surface area (Å²) in [6.07, 6.45) is 0.951. The fourth-order valence-electron chi connectivity index (χ4n) is 3.90. The Morgan fingerprint density at radius 1 is 0.926 bits per heavy atom. The Labute approximate surface area is 155 Å². The highest BCUT2D eigenvalue weighted by molar-refractivity contribution is 5.96. The molecular weight excluding hydrogens is 352 g/mol. The molecule has 0 aliphatic carbocycles. The number of halogens is 2. The molecule has 0 unspecified atom stereocenters. The van der Waals surface area contributed by atoms with Crippen LogP contribution < -0.4 is 10.2 Å². The molecule has 1 spiro atoms. The van der Waals surface area contributed by atoms with Gasteiger partial charge in [-0.05, 0) is 61.4 Å². The Balaban J connectivity index is 1.52. The first-order chi connectivity index (χ1) is 13.0. The fourth-order valence-corrected chi connectivity index (χ4v) is 3.90. The molecule has 2 aromatic rings. The molecule has 0 atom stereocenters. The van der Waals surface area contributed by atoms with Crippen LogP contribution in [0.2, 0.25) is 0 Å². The maximum absolute atomic E-state index is 13.2. The van der Waals surface area contributed by atoms with E-state index in [0.717, 1.165) is 5.69 Å². The zero-order valence-corrected chi connectivity index (χ0v) is 14.6. The Bertz CT molecular complexity index is 860. The van der Waals surface area contributed by atoms with Gasteiger partial charge >= 0.3 is 0 Å². The molecule has 2 aromatic carbocycles. The molecule has 0 aromatic heterocycles. The second-order valence-electron chi connectivity index (χ2n) is 6.90. The lowest BCUT2D eigenvalue weighted by Crippen LogP contribution is -2.57. The summed E-state index contributed by atoms with van der Waals surface area (Å²) in [5.74, 6) is -0.954. The first kappa shape index (κ1) is 17.5. The molecule has 140 valence electrons. The number of piperidine rings is 1. The van der Waals surface area contributed by atoms with E-state index in [-0.39, 0.29) is 23.4 Å². The van der Waals surface area contributed by atoms with Crippen molar-refractivity contribution >= 4 is 17.5 Å². The number of nitrogens with zero attached hydrogens (tertiary/aromatic N) is 2. The highest BCUT2D eigenvalue weighted by Gasteiger charge is 2.50. The standard InChI is InChI=1S/C20H19F2N3O2/c21-15-3-1-14(2-4-15)18(26)24-11-9-20(10-12-24)19(27)23-13-25(20)17-7-5-16(22)6-8-17/h1-8H,9-13H2,(H,23,27). The molecular formula is C20H19F2N3O2. The van der Waals surface area contributed by atoms with Crippen LogP contribution in [0.3, 0.4) is 0 Å². The predicted octanol–water partition coefficient (Wildman–Crippen LogP) is 2.53. The number of anilines is 1. The quantitative estimate of drug-likeness (QED) is 0.883. The molecule has 0 saturated carbocycles. The van der Waals surface area contributed by atoms with Crippen molar-refractivity contribution in [3.05, 3.63) is 65.7 Å². The summed E-state index contributed by atoms with van der Waals surface area (Å²) in [7, 11) is 0. The van der Waals surface area contributed by atoms with E-state index >= 15 is 0 Å². The molecule has 0 bridgehead atoms. The van der Waals surface area contributed by atoms with Gasteiger partial charge in [0.1, 0.15) is 17.2 Å². The lowest BCUT2D eigenvalue weighted by atomic mass is 9.85. The third kappa shape index (κ3) is 3.03. The van der Waals surface area contributed by atoms with Gasteiger partial charge in [-0.3, -0.25) is 9.59 Å². The van der Waals surface area contributed by atoms with Gasteiger partial charge in [-0.2, -0.15) is 0 Å². The number of benzene rings is 2.